The molecular formula is C26H32O4. The lowest BCUT2D eigenvalue weighted by molar-refractivity contribution is -0.202. The topological polar surface area (TPSA) is 36.9 Å². The predicted octanol–water partition coefficient (Wildman–Crippen LogP) is 5.11. The fraction of sp³-hybridized carbons (Fsp3) is 0.538. The molecule has 3 aliphatic rings. The van der Waals surface area contributed by atoms with Gasteiger partial charge in [-0.05, 0) is 36.3 Å². The minimum absolute atomic E-state index is 0.0798. The van der Waals surface area contributed by atoms with Crippen LogP contribution in [0.2, 0.25) is 0 Å². The zero-order chi connectivity index (χ0) is 20.2. The molecular weight excluding hydrogens is 376 g/mol. The fourth-order valence-electron chi connectivity index (χ4n) is 5.07. The fourth-order valence-corrected chi connectivity index (χ4v) is 5.07. The Morgan fingerprint density at radius 3 is 1.90 bits per heavy atom. The van der Waals surface area contributed by atoms with Crippen molar-refractivity contribution in [2.75, 3.05) is 13.2 Å². The minimum atomic E-state index is -0.414. The second kappa shape index (κ2) is 9.19. The number of rotatable bonds is 8. The van der Waals surface area contributed by atoms with Crippen molar-refractivity contribution in [2.24, 2.45) is 11.8 Å². The summed E-state index contributed by atoms with van der Waals surface area (Å²) in [5.74, 6) is 0.918. The summed E-state index contributed by atoms with van der Waals surface area (Å²) in [6.45, 7) is 2.26. The Balaban J connectivity index is 1.21. The summed E-state index contributed by atoms with van der Waals surface area (Å²) in [5, 5.41) is 0. The highest BCUT2D eigenvalue weighted by molar-refractivity contribution is 5.14. The third kappa shape index (κ3) is 4.62. The Labute approximate surface area is 179 Å². The maximum atomic E-state index is 6.65. The average molecular weight is 409 g/mol. The maximum Gasteiger partial charge on any atom is 0.172 e. The molecule has 4 nitrogen and oxygen atoms in total. The third-order valence-corrected chi connectivity index (χ3v) is 6.74. The van der Waals surface area contributed by atoms with Crippen LogP contribution in [0.4, 0.5) is 0 Å². The summed E-state index contributed by atoms with van der Waals surface area (Å²) >= 11 is 0. The van der Waals surface area contributed by atoms with E-state index < -0.39 is 5.79 Å². The molecule has 1 heterocycles. The smallest absolute Gasteiger partial charge is 0.172 e. The van der Waals surface area contributed by atoms with Gasteiger partial charge in [0.05, 0.1) is 26.4 Å². The van der Waals surface area contributed by atoms with Gasteiger partial charge < -0.3 is 18.9 Å². The van der Waals surface area contributed by atoms with Crippen molar-refractivity contribution in [3.05, 3.63) is 71.8 Å². The Morgan fingerprint density at radius 1 is 0.767 bits per heavy atom. The van der Waals surface area contributed by atoms with Crippen molar-refractivity contribution in [3.8, 4) is 0 Å². The van der Waals surface area contributed by atoms with Crippen LogP contribution >= 0.6 is 0 Å². The van der Waals surface area contributed by atoms with Crippen molar-refractivity contribution < 1.29 is 18.9 Å². The van der Waals surface area contributed by atoms with E-state index in [-0.39, 0.29) is 12.2 Å². The van der Waals surface area contributed by atoms with E-state index in [2.05, 4.69) is 24.3 Å². The summed E-state index contributed by atoms with van der Waals surface area (Å²) < 4.78 is 25.4. The standard InChI is InChI=1S/C26H32O4/c1-3-9-20(10-4-1)16-27-18-24-25(19-28-17-21-11-5-2-6-12-21)30-26(29-24)14-8-7-13-22-15-23(22)26/h1-6,9-12,22-25H,7-8,13-19H2/t22-,23+,24-,25-/m0/s1. The van der Waals surface area contributed by atoms with Crippen molar-refractivity contribution in [1.29, 1.82) is 0 Å². The van der Waals surface area contributed by atoms with Crippen LogP contribution in [-0.2, 0) is 32.2 Å². The van der Waals surface area contributed by atoms with Crippen LogP contribution in [0, 0.1) is 11.8 Å². The lowest BCUT2D eigenvalue weighted by atomic mass is 10.1. The van der Waals surface area contributed by atoms with Crippen molar-refractivity contribution in [2.45, 2.75) is 63.3 Å². The highest BCUT2D eigenvalue weighted by Crippen LogP contribution is 2.58. The third-order valence-electron chi connectivity index (χ3n) is 6.74. The molecule has 0 aromatic heterocycles. The number of hydrogen-bond acceptors (Lipinski definition) is 4. The molecule has 3 fully saturated rings. The molecule has 2 aromatic carbocycles. The first-order chi connectivity index (χ1) is 14.8. The van der Waals surface area contributed by atoms with Crippen LogP contribution < -0.4 is 0 Å². The predicted molar refractivity (Wildman–Crippen MR) is 115 cm³/mol. The Morgan fingerprint density at radius 2 is 1.33 bits per heavy atom. The largest absolute Gasteiger partial charge is 0.374 e. The second-order valence-corrected chi connectivity index (χ2v) is 8.97. The summed E-state index contributed by atoms with van der Waals surface area (Å²) in [4.78, 5) is 0. The van der Waals surface area contributed by atoms with Gasteiger partial charge in [0.15, 0.2) is 5.79 Å². The first-order valence-corrected chi connectivity index (χ1v) is 11.4. The van der Waals surface area contributed by atoms with Crippen LogP contribution in [0.25, 0.3) is 0 Å². The SMILES string of the molecule is c1ccc(COC[C@@H]2OC3(CCCC[C@H]4C[C@H]43)O[C@H]2COCc2ccccc2)cc1. The minimum Gasteiger partial charge on any atom is -0.374 e. The van der Waals surface area contributed by atoms with Crippen LogP contribution in [-0.4, -0.2) is 31.2 Å². The summed E-state index contributed by atoms with van der Waals surface area (Å²) in [5.41, 5.74) is 2.36. The molecule has 2 aliphatic carbocycles. The van der Waals surface area contributed by atoms with Crippen LogP contribution in [0.15, 0.2) is 60.7 Å². The van der Waals surface area contributed by atoms with Gasteiger partial charge in [-0.15, -0.1) is 0 Å². The van der Waals surface area contributed by atoms with Gasteiger partial charge in [-0.2, -0.15) is 0 Å². The molecule has 2 aromatic rings. The second-order valence-electron chi connectivity index (χ2n) is 8.97. The van der Waals surface area contributed by atoms with Crippen molar-refractivity contribution in [1.82, 2.24) is 0 Å². The lowest BCUT2D eigenvalue weighted by Gasteiger charge is -2.28. The highest BCUT2D eigenvalue weighted by Gasteiger charge is 2.60. The van der Waals surface area contributed by atoms with E-state index in [4.69, 9.17) is 18.9 Å². The van der Waals surface area contributed by atoms with E-state index >= 15 is 0 Å². The Kier molecular flexibility index (Phi) is 6.19. The molecule has 0 bridgehead atoms. The van der Waals surface area contributed by atoms with E-state index in [1.807, 2.05) is 36.4 Å². The van der Waals surface area contributed by atoms with Crippen LogP contribution in [0.5, 0.6) is 0 Å². The van der Waals surface area contributed by atoms with E-state index in [9.17, 15) is 0 Å². The monoisotopic (exact) mass is 408 g/mol. The summed E-state index contributed by atoms with van der Waals surface area (Å²) in [6.07, 6.45) is 5.88. The van der Waals surface area contributed by atoms with Gasteiger partial charge in [-0.25, -0.2) is 0 Å². The molecule has 4 atom stereocenters. The van der Waals surface area contributed by atoms with Crippen molar-refractivity contribution in [3.63, 3.8) is 0 Å². The van der Waals surface area contributed by atoms with Crippen LogP contribution in [0.3, 0.4) is 0 Å². The summed E-state index contributed by atoms with van der Waals surface area (Å²) in [7, 11) is 0. The average Bonchev–Trinajstić information content (AvgIpc) is 3.51. The molecule has 1 saturated heterocycles. The van der Waals surface area contributed by atoms with Gasteiger partial charge >= 0.3 is 0 Å². The molecule has 160 valence electrons. The molecule has 0 N–H and O–H groups in total. The van der Waals surface area contributed by atoms with Gasteiger partial charge in [-0.1, -0.05) is 67.1 Å². The van der Waals surface area contributed by atoms with Gasteiger partial charge in [0, 0.05) is 12.3 Å². The van der Waals surface area contributed by atoms with E-state index in [1.54, 1.807) is 0 Å². The molecule has 0 amide bonds. The molecule has 30 heavy (non-hydrogen) atoms. The highest BCUT2D eigenvalue weighted by atomic mass is 16.8. The lowest BCUT2D eigenvalue weighted by Crippen LogP contribution is -2.34. The number of benzene rings is 2. The van der Waals surface area contributed by atoms with E-state index in [0.717, 1.165) is 12.3 Å². The molecule has 1 spiro atoms. The van der Waals surface area contributed by atoms with Gasteiger partial charge in [0.25, 0.3) is 0 Å². The molecule has 0 radical (unpaired) electrons. The number of ether oxygens (including phenoxy) is 4. The van der Waals surface area contributed by atoms with Gasteiger partial charge in [0.2, 0.25) is 0 Å². The molecule has 1 aliphatic heterocycles. The normalized spacial score (nSPS) is 29.5. The van der Waals surface area contributed by atoms with Crippen LogP contribution in [0.1, 0.15) is 43.2 Å². The first kappa shape index (κ1) is 20.2. The molecule has 2 saturated carbocycles. The number of fused-ring (bicyclic) bond motifs is 2. The zero-order valence-electron chi connectivity index (χ0n) is 17.6. The molecule has 4 heteroatoms. The Bertz CT molecular complexity index is 740. The Hall–Kier alpha value is -1.72. The quantitative estimate of drug-likeness (QED) is 0.608. The van der Waals surface area contributed by atoms with E-state index in [1.165, 1.54) is 36.8 Å². The molecule has 0 unspecified atom stereocenters. The zero-order valence-corrected chi connectivity index (χ0v) is 17.6. The maximum absolute atomic E-state index is 6.65. The van der Waals surface area contributed by atoms with Gasteiger partial charge in [0.1, 0.15) is 12.2 Å². The van der Waals surface area contributed by atoms with Crippen molar-refractivity contribution >= 4 is 0 Å². The van der Waals surface area contributed by atoms with Gasteiger partial charge in [-0.3, -0.25) is 0 Å². The summed E-state index contributed by atoms with van der Waals surface area (Å²) in [6, 6.07) is 20.6. The molecule has 5 rings (SSSR count). The van der Waals surface area contributed by atoms with E-state index in [0.29, 0.717) is 32.3 Å². The number of hydrogen-bond donors (Lipinski definition) is 0. The first-order valence-electron chi connectivity index (χ1n) is 11.4.